The molecule has 0 aliphatic rings. The fraction of sp³-hybridized carbons (Fsp3) is 0.231. The largest absolute Gasteiger partial charge is 0.495 e. The summed E-state index contributed by atoms with van der Waals surface area (Å²) in [6.07, 6.45) is 0. The number of thiophene rings is 1. The van der Waals surface area contributed by atoms with Crippen molar-refractivity contribution in [3.05, 3.63) is 39.0 Å². The Morgan fingerprint density at radius 3 is 2.83 bits per heavy atom. The summed E-state index contributed by atoms with van der Waals surface area (Å²) in [6.45, 7) is 2.65. The van der Waals surface area contributed by atoms with Gasteiger partial charge in [-0.25, -0.2) is 0 Å². The molecule has 96 valence electrons. The molecule has 0 spiro atoms. The summed E-state index contributed by atoms with van der Waals surface area (Å²) >= 11 is 7.70. The van der Waals surface area contributed by atoms with Gasteiger partial charge in [-0.1, -0.05) is 11.6 Å². The first-order chi connectivity index (χ1) is 8.61. The first-order valence-electron chi connectivity index (χ1n) is 5.51. The van der Waals surface area contributed by atoms with Crippen molar-refractivity contribution >= 4 is 34.3 Å². The summed E-state index contributed by atoms with van der Waals surface area (Å²) in [7, 11) is 1.63. The maximum atomic E-state index is 6.06. The van der Waals surface area contributed by atoms with Gasteiger partial charge in [0.2, 0.25) is 0 Å². The van der Waals surface area contributed by atoms with E-state index in [0.717, 1.165) is 27.6 Å². The Balaban J connectivity index is 2.18. The smallest absolute Gasteiger partial charge is 0.143 e. The zero-order valence-corrected chi connectivity index (χ0v) is 11.9. The minimum Gasteiger partial charge on any atom is -0.495 e. The predicted molar refractivity (Wildman–Crippen MR) is 78.8 cm³/mol. The number of hydrogen-bond donors (Lipinski definition) is 2. The molecule has 5 heteroatoms. The van der Waals surface area contributed by atoms with E-state index in [1.54, 1.807) is 18.4 Å². The molecule has 0 radical (unpaired) electrons. The zero-order valence-electron chi connectivity index (χ0n) is 10.3. The standard InChI is InChI=1S/C13H15ClN2OS/c1-8-5-11(12(17-2)6-9(8)14)16-7-13-10(15)3-4-18-13/h3-6,16H,7,15H2,1-2H3. The third kappa shape index (κ3) is 2.71. The molecule has 0 aliphatic heterocycles. The molecule has 0 fully saturated rings. The van der Waals surface area contributed by atoms with Crippen LogP contribution in [0.25, 0.3) is 0 Å². The molecular formula is C13H15ClN2OS. The van der Waals surface area contributed by atoms with E-state index in [-0.39, 0.29) is 0 Å². The lowest BCUT2D eigenvalue weighted by atomic mass is 10.2. The molecule has 0 saturated carbocycles. The normalized spacial score (nSPS) is 10.4. The van der Waals surface area contributed by atoms with Crippen LogP contribution in [-0.2, 0) is 6.54 Å². The van der Waals surface area contributed by atoms with Crippen LogP contribution in [0.15, 0.2) is 23.6 Å². The Hall–Kier alpha value is -1.39. The van der Waals surface area contributed by atoms with Crippen molar-refractivity contribution in [2.24, 2.45) is 0 Å². The van der Waals surface area contributed by atoms with Crippen LogP contribution in [0.1, 0.15) is 10.4 Å². The maximum Gasteiger partial charge on any atom is 0.143 e. The van der Waals surface area contributed by atoms with Gasteiger partial charge in [-0.2, -0.15) is 0 Å². The summed E-state index contributed by atoms with van der Waals surface area (Å²) in [6, 6.07) is 5.70. The SMILES string of the molecule is COc1cc(Cl)c(C)cc1NCc1sccc1N. The van der Waals surface area contributed by atoms with E-state index in [2.05, 4.69) is 5.32 Å². The van der Waals surface area contributed by atoms with Gasteiger partial charge in [0.15, 0.2) is 0 Å². The van der Waals surface area contributed by atoms with E-state index in [4.69, 9.17) is 22.1 Å². The molecule has 1 heterocycles. The van der Waals surface area contributed by atoms with Crippen LogP contribution in [0.5, 0.6) is 5.75 Å². The van der Waals surface area contributed by atoms with Crippen LogP contribution >= 0.6 is 22.9 Å². The van der Waals surface area contributed by atoms with E-state index in [0.29, 0.717) is 11.6 Å². The van der Waals surface area contributed by atoms with Gasteiger partial charge < -0.3 is 15.8 Å². The highest BCUT2D eigenvalue weighted by atomic mass is 35.5. The van der Waals surface area contributed by atoms with Crippen LogP contribution in [0.3, 0.4) is 0 Å². The molecule has 2 aromatic rings. The van der Waals surface area contributed by atoms with Crippen LogP contribution in [0, 0.1) is 6.92 Å². The molecule has 0 saturated heterocycles. The second kappa shape index (κ2) is 5.50. The average Bonchev–Trinajstić information content (AvgIpc) is 2.76. The van der Waals surface area contributed by atoms with E-state index in [1.807, 2.05) is 30.5 Å². The third-order valence-electron chi connectivity index (χ3n) is 2.70. The van der Waals surface area contributed by atoms with Crippen molar-refractivity contribution in [1.82, 2.24) is 0 Å². The Labute approximate surface area is 116 Å². The Morgan fingerprint density at radius 2 is 2.22 bits per heavy atom. The highest BCUT2D eigenvalue weighted by Crippen LogP contribution is 2.32. The lowest BCUT2D eigenvalue weighted by Gasteiger charge is -2.12. The Bertz CT molecular complexity index is 554. The van der Waals surface area contributed by atoms with Gasteiger partial charge in [0.25, 0.3) is 0 Å². The first kappa shape index (κ1) is 13.1. The van der Waals surface area contributed by atoms with E-state index >= 15 is 0 Å². The molecule has 3 N–H and O–H groups in total. The quantitative estimate of drug-likeness (QED) is 0.894. The molecule has 18 heavy (non-hydrogen) atoms. The average molecular weight is 283 g/mol. The molecular weight excluding hydrogens is 268 g/mol. The topological polar surface area (TPSA) is 47.3 Å². The van der Waals surface area contributed by atoms with Gasteiger partial charge in [0.1, 0.15) is 5.75 Å². The number of hydrogen-bond acceptors (Lipinski definition) is 4. The van der Waals surface area contributed by atoms with Crippen LogP contribution in [0.2, 0.25) is 5.02 Å². The molecule has 1 aromatic carbocycles. The molecule has 0 amide bonds. The number of aryl methyl sites for hydroxylation is 1. The fourth-order valence-corrected chi connectivity index (χ4v) is 2.53. The number of halogens is 1. The number of anilines is 2. The monoisotopic (exact) mass is 282 g/mol. The summed E-state index contributed by atoms with van der Waals surface area (Å²) in [4.78, 5) is 1.12. The fourth-order valence-electron chi connectivity index (χ4n) is 1.64. The number of benzene rings is 1. The summed E-state index contributed by atoms with van der Waals surface area (Å²) < 4.78 is 5.31. The third-order valence-corrected chi connectivity index (χ3v) is 4.04. The van der Waals surface area contributed by atoms with Gasteiger partial charge in [-0.05, 0) is 30.0 Å². The summed E-state index contributed by atoms with van der Waals surface area (Å²) in [5.41, 5.74) is 8.60. The second-order valence-corrected chi connectivity index (χ2v) is 5.36. The minimum atomic E-state index is 0.681. The van der Waals surface area contributed by atoms with Crippen LogP contribution in [-0.4, -0.2) is 7.11 Å². The summed E-state index contributed by atoms with van der Waals surface area (Å²) in [5.74, 6) is 0.737. The van der Waals surface area contributed by atoms with Crippen LogP contribution in [0.4, 0.5) is 11.4 Å². The molecule has 2 rings (SSSR count). The molecule has 1 aromatic heterocycles. The Kier molecular flexibility index (Phi) is 3.99. The van der Waals surface area contributed by atoms with Crippen molar-refractivity contribution in [2.45, 2.75) is 13.5 Å². The first-order valence-corrected chi connectivity index (χ1v) is 6.77. The number of nitrogens with one attached hydrogen (secondary N) is 1. The van der Waals surface area contributed by atoms with E-state index < -0.39 is 0 Å². The van der Waals surface area contributed by atoms with Gasteiger partial charge in [0, 0.05) is 21.7 Å². The van der Waals surface area contributed by atoms with Crippen LogP contribution < -0.4 is 15.8 Å². The molecule has 0 atom stereocenters. The van der Waals surface area contributed by atoms with Crippen molar-refractivity contribution in [2.75, 3.05) is 18.2 Å². The zero-order chi connectivity index (χ0) is 13.1. The van der Waals surface area contributed by atoms with Crippen molar-refractivity contribution in [3.63, 3.8) is 0 Å². The number of nitrogens with two attached hydrogens (primary N) is 1. The maximum absolute atomic E-state index is 6.06. The van der Waals surface area contributed by atoms with Gasteiger partial charge in [0.05, 0.1) is 19.3 Å². The number of nitrogen functional groups attached to an aromatic ring is 1. The minimum absolute atomic E-state index is 0.681. The van der Waals surface area contributed by atoms with Crippen molar-refractivity contribution in [3.8, 4) is 5.75 Å². The van der Waals surface area contributed by atoms with E-state index in [9.17, 15) is 0 Å². The van der Waals surface area contributed by atoms with Gasteiger partial charge >= 0.3 is 0 Å². The second-order valence-electron chi connectivity index (χ2n) is 3.95. The lowest BCUT2D eigenvalue weighted by Crippen LogP contribution is -2.02. The highest BCUT2D eigenvalue weighted by molar-refractivity contribution is 7.10. The van der Waals surface area contributed by atoms with Crippen molar-refractivity contribution < 1.29 is 4.74 Å². The van der Waals surface area contributed by atoms with Gasteiger partial charge in [-0.15, -0.1) is 11.3 Å². The lowest BCUT2D eigenvalue weighted by molar-refractivity contribution is 0.416. The summed E-state index contributed by atoms with van der Waals surface area (Å²) in [5, 5.41) is 6.01. The molecule has 0 unspecified atom stereocenters. The molecule has 0 bridgehead atoms. The number of methoxy groups -OCH3 is 1. The van der Waals surface area contributed by atoms with E-state index in [1.165, 1.54) is 0 Å². The number of ether oxygens (including phenoxy) is 1. The molecule has 3 nitrogen and oxygen atoms in total. The van der Waals surface area contributed by atoms with Gasteiger partial charge in [-0.3, -0.25) is 0 Å². The van der Waals surface area contributed by atoms with Crippen molar-refractivity contribution in [1.29, 1.82) is 0 Å². The number of rotatable bonds is 4. The Morgan fingerprint density at radius 1 is 1.44 bits per heavy atom. The molecule has 0 aliphatic carbocycles. The predicted octanol–water partition coefficient (Wildman–Crippen LogP) is 3.91. The highest BCUT2D eigenvalue weighted by Gasteiger charge is 2.08.